The Bertz CT molecular complexity index is 658. The molecule has 0 saturated heterocycles. The Morgan fingerprint density at radius 3 is 2.68 bits per heavy atom. The largest absolute Gasteiger partial charge is 0.490 e. The third kappa shape index (κ3) is 4.00. The van der Waals surface area contributed by atoms with Gasteiger partial charge in [-0.25, -0.2) is 0 Å². The predicted octanol–water partition coefficient (Wildman–Crippen LogP) is 3.93. The van der Waals surface area contributed by atoms with Crippen LogP contribution in [0.5, 0.6) is 5.75 Å². The summed E-state index contributed by atoms with van der Waals surface area (Å²) in [6, 6.07) is 12.5. The highest BCUT2D eigenvalue weighted by Crippen LogP contribution is 2.25. The number of carbonyl (C=O) groups is 1. The first-order valence-electron chi connectivity index (χ1n) is 6.90. The number of nitrogens with one attached hydrogen (secondary N) is 1. The maximum atomic E-state index is 12.5. The summed E-state index contributed by atoms with van der Waals surface area (Å²) in [4.78, 5) is 12.5. The quantitative estimate of drug-likeness (QED) is 0.821. The van der Waals surface area contributed by atoms with E-state index in [1.807, 2.05) is 19.1 Å². The van der Waals surface area contributed by atoms with Crippen molar-refractivity contribution in [3.8, 4) is 5.75 Å². The molecule has 2 aromatic rings. The molecule has 0 aliphatic rings. The summed E-state index contributed by atoms with van der Waals surface area (Å²) >= 11 is 6.07. The summed E-state index contributed by atoms with van der Waals surface area (Å²) in [5.41, 5.74) is 1.98. The summed E-state index contributed by atoms with van der Waals surface area (Å²) < 4.78 is 10.5. The van der Waals surface area contributed by atoms with Crippen LogP contribution in [0.4, 0.5) is 5.69 Å². The molecular formula is C17H18ClNO3. The lowest BCUT2D eigenvalue weighted by molar-refractivity contribution is 0.101. The van der Waals surface area contributed by atoms with Crippen molar-refractivity contribution in [2.75, 3.05) is 25.6 Å². The first-order chi connectivity index (χ1) is 10.6. The van der Waals surface area contributed by atoms with Crippen molar-refractivity contribution in [3.63, 3.8) is 0 Å². The van der Waals surface area contributed by atoms with Crippen molar-refractivity contribution in [2.24, 2.45) is 0 Å². The Labute approximate surface area is 135 Å². The number of amides is 1. The normalized spacial score (nSPS) is 10.3. The molecular weight excluding hydrogens is 302 g/mol. The van der Waals surface area contributed by atoms with Crippen LogP contribution in [-0.2, 0) is 4.74 Å². The Balaban J connectivity index is 2.17. The van der Waals surface area contributed by atoms with Crippen LogP contribution < -0.4 is 10.1 Å². The lowest BCUT2D eigenvalue weighted by atomic mass is 10.1. The first-order valence-corrected chi connectivity index (χ1v) is 7.28. The van der Waals surface area contributed by atoms with E-state index in [2.05, 4.69) is 5.32 Å². The van der Waals surface area contributed by atoms with Crippen molar-refractivity contribution in [1.29, 1.82) is 0 Å². The van der Waals surface area contributed by atoms with Gasteiger partial charge in [0.25, 0.3) is 5.91 Å². The fourth-order valence-corrected chi connectivity index (χ4v) is 2.12. The van der Waals surface area contributed by atoms with Crippen molar-refractivity contribution in [2.45, 2.75) is 6.92 Å². The molecule has 1 N–H and O–H groups in total. The Kier molecular flexibility index (Phi) is 5.81. The number of methoxy groups -OCH3 is 1. The second kappa shape index (κ2) is 7.82. The number of halogens is 1. The summed E-state index contributed by atoms with van der Waals surface area (Å²) in [7, 11) is 1.60. The molecule has 0 aliphatic carbocycles. The van der Waals surface area contributed by atoms with E-state index in [4.69, 9.17) is 21.1 Å². The summed E-state index contributed by atoms with van der Waals surface area (Å²) in [6.45, 7) is 2.71. The first kappa shape index (κ1) is 16.3. The minimum absolute atomic E-state index is 0.238. The van der Waals surface area contributed by atoms with Gasteiger partial charge < -0.3 is 14.8 Å². The van der Waals surface area contributed by atoms with E-state index < -0.39 is 0 Å². The van der Waals surface area contributed by atoms with Crippen LogP contribution in [0.2, 0.25) is 5.02 Å². The van der Waals surface area contributed by atoms with Crippen molar-refractivity contribution >= 4 is 23.2 Å². The molecule has 116 valence electrons. The highest BCUT2D eigenvalue weighted by atomic mass is 35.5. The Hall–Kier alpha value is -2.04. The average Bonchev–Trinajstić information content (AvgIpc) is 2.52. The fraction of sp³-hybridized carbons (Fsp3) is 0.235. The lowest BCUT2D eigenvalue weighted by Gasteiger charge is -2.13. The molecule has 0 aliphatic heterocycles. The molecule has 0 heterocycles. The van der Waals surface area contributed by atoms with Gasteiger partial charge in [0.15, 0.2) is 0 Å². The second-order valence-electron chi connectivity index (χ2n) is 4.70. The number of hydrogen-bond acceptors (Lipinski definition) is 3. The molecule has 2 rings (SSSR count). The highest BCUT2D eigenvalue weighted by molar-refractivity contribution is 6.31. The van der Waals surface area contributed by atoms with Gasteiger partial charge in [0.1, 0.15) is 12.4 Å². The number of hydrogen-bond donors (Lipinski definition) is 1. The van der Waals surface area contributed by atoms with Crippen LogP contribution >= 0.6 is 11.6 Å². The molecule has 5 heteroatoms. The zero-order valence-corrected chi connectivity index (χ0v) is 13.3. The summed E-state index contributed by atoms with van der Waals surface area (Å²) in [6.07, 6.45) is 0. The van der Waals surface area contributed by atoms with Crippen molar-refractivity contribution < 1.29 is 14.3 Å². The number of ether oxygens (including phenoxy) is 2. The zero-order valence-electron chi connectivity index (χ0n) is 12.6. The van der Waals surface area contributed by atoms with Crippen LogP contribution in [0.15, 0.2) is 42.5 Å². The molecule has 0 unspecified atom stereocenters. The van der Waals surface area contributed by atoms with Gasteiger partial charge in [0, 0.05) is 17.8 Å². The average molecular weight is 320 g/mol. The zero-order chi connectivity index (χ0) is 15.9. The maximum Gasteiger partial charge on any atom is 0.259 e. The number of para-hydroxylation sites is 1. The van der Waals surface area contributed by atoms with Crippen LogP contribution in [0.3, 0.4) is 0 Å². The van der Waals surface area contributed by atoms with E-state index in [-0.39, 0.29) is 5.91 Å². The minimum atomic E-state index is -0.238. The van der Waals surface area contributed by atoms with Crippen molar-refractivity contribution in [1.82, 2.24) is 0 Å². The number of anilines is 1. The van der Waals surface area contributed by atoms with Gasteiger partial charge in [0.2, 0.25) is 0 Å². The van der Waals surface area contributed by atoms with E-state index in [0.717, 1.165) is 5.56 Å². The SMILES string of the molecule is COCCOc1ccccc1C(=O)Nc1cccc(Cl)c1C. The molecule has 0 radical (unpaired) electrons. The Morgan fingerprint density at radius 1 is 1.14 bits per heavy atom. The number of benzene rings is 2. The molecule has 0 aromatic heterocycles. The van der Waals surface area contributed by atoms with Gasteiger partial charge in [-0.15, -0.1) is 0 Å². The number of carbonyl (C=O) groups excluding carboxylic acids is 1. The van der Waals surface area contributed by atoms with Crippen molar-refractivity contribution in [3.05, 3.63) is 58.6 Å². The summed E-state index contributed by atoms with van der Waals surface area (Å²) in [5, 5.41) is 3.48. The van der Waals surface area contributed by atoms with E-state index in [0.29, 0.717) is 35.2 Å². The third-order valence-electron chi connectivity index (χ3n) is 3.19. The third-order valence-corrected chi connectivity index (χ3v) is 3.60. The molecule has 1 amide bonds. The molecule has 0 atom stereocenters. The van der Waals surface area contributed by atoms with Crippen LogP contribution in [-0.4, -0.2) is 26.2 Å². The van der Waals surface area contributed by atoms with E-state index in [1.54, 1.807) is 37.4 Å². The fourth-order valence-electron chi connectivity index (χ4n) is 1.95. The topological polar surface area (TPSA) is 47.6 Å². The molecule has 0 fully saturated rings. The smallest absolute Gasteiger partial charge is 0.259 e. The molecule has 0 saturated carbocycles. The minimum Gasteiger partial charge on any atom is -0.490 e. The van der Waals surface area contributed by atoms with E-state index in [1.165, 1.54) is 0 Å². The summed E-state index contributed by atoms with van der Waals surface area (Å²) in [5.74, 6) is 0.287. The van der Waals surface area contributed by atoms with Gasteiger partial charge in [-0.2, -0.15) is 0 Å². The van der Waals surface area contributed by atoms with Crippen LogP contribution in [0.25, 0.3) is 0 Å². The van der Waals surface area contributed by atoms with Crippen LogP contribution in [0, 0.1) is 6.92 Å². The van der Waals surface area contributed by atoms with Gasteiger partial charge in [0.05, 0.1) is 12.2 Å². The molecule has 22 heavy (non-hydrogen) atoms. The Morgan fingerprint density at radius 2 is 1.91 bits per heavy atom. The standard InChI is InChI=1S/C17H18ClNO3/c1-12-14(18)7-5-8-15(12)19-17(20)13-6-3-4-9-16(13)22-11-10-21-2/h3-9H,10-11H2,1-2H3,(H,19,20). The number of rotatable bonds is 6. The maximum absolute atomic E-state index is 12.5. The second-order valence-corrected chi connectivity index (χ2v) is 5.11. The lowest BCUT2D eigenvalue weighted by Crippen LogP contribution is -2.15. The predicted molar refractivity (Wildman–Crippen MR) is 88.0 cm³/mol. The van der Waals surface area contributed by atoms with E-state index >= 15 is 0 Å². The highest BCUT2D eigenvalue weighted by Gasteiger charge is 2.13. The monoisotopic (exact) mass is 319 g/mol. The molecule has 0 spiro atoms. The van der Waals surface area contributed by atoms with Gasteiger partial charge >= 0.3 is 0 Å². The van der Waals surface area contributed by atoms with E-state index in [9.17, 15) is 4.79 Å². The van der Waals surface area contributed by atoms with Crippen LogP contribution in [0.1, 0.15) is 15.9 Å². The van der Waals surface area contributed by atoms with Gasteiger partial charge in [-0.3, -0.25) is 4.79 Å². The van der Waals surface area contributed by atoms with Gasteiger partial charge in [-0.05, 0) is 36.8 Å². The molecule has 4 nitrogen and oxygen atoms in total. The molecule has 0 bridgehead atoms. The van der Waals surface area contributed by atoms with Gasteiger partial charge in [-0.1, -0.05) is 29.8 Å². The molecule has 2 aromatic carbocycles.